The zero-order valence-electron chi connectivity index (χ0n) is 13.7. The van der Waals surface area contributed by atoms with E-state index in [0.29, 0.717) is 12.6 Å². The van der Waals surface area contributed by atoms with Crippen molar-refractivity contribution < 1.29 is 9.53 Å². The van der Waals surface area contributed by atoms with Crippen LogP contribution in [0.3, 0.4) is 0 Å². The number of esters is 1. The molecule has 1 rings (SSSR count). The summed E-state index contributed by atoms with van der Waals surface area (Å²) in [6.07, 6.45) is 1.19. The van der Waals surface area contributed by atoms with Crippen LogP contribution in [0.15, 0.2) is 0 Å². The van der Waals surface area contributed by atoms with E-state index in [-0.39, 0.29) is 5.97 Å². The summed E-state index contributed by atoms with van der Waals surface area (Å²) in [7, 11) is 1.46. The van der Waals surface area contributed by atoms with Gasteiger partial charge in [0.25, 0.3) is 0 Å². The molecule has 1 fully saturated rings. The Balaban J connectivity index is 2.54. The van der Waals surface area contributed by atoms with Crippen LogP contribution in [0.4, 0.5) is 0 Å². The molecular formula is C15H31N3O2. The summed E-state index contributed by atoms with van der Waals surface area (Å²) < 4.78 is 4.95. The number of rotatable bonds is 7. The van der Waals surface area contributed by atoms with Crippen LogP contribution in [0, 0.1) is 0 Å². The highest BCUT2D eigenvalue weighted by Gasteiger charge is 2.36. The molecule has 1 saturated heterocycles. The van der Waals surface area contributed by atoms with Crippen LogP contribution in [-0.4, -0.2) is 73.7 Å². The molecule has 0 aromatic heterocycles. The predicted octanol–water partition coefficient (Wildman–Crippen LogP) is 0.944. The molecule has 1 N–H and O–H groups in total. The highest BCUT2D eigenvalue weighted by molar-refractivity contribution is 5.80. The number of methoxy groups -OCH3 is 1. The number of hydrogen-bond acceptors (Lipinski definition) is 5. The third-order valence-electron chi connectivity index (χ3n) is 4.36. The first kappa shape index (κ1) is 17.4. The Kier molecular flexibility index (Phi) is 6.92. The molecule has 0 aromatic rings. The number of nitrogens with zero attached hydrogens (tertiary/aromatic N) is 2. The first-order valence-corrected chi connectivity index (χ1v) is 7.76. The maximum absolute atomic E-state index is 12.0. The molecule has 0 aliphatic carbocycles. The Labute approximate surface area is 123 Å². The van der Waals surface area contributed by atoms with E-state index < -0.39 is 5.54 Å². The Morgan fingerprint density at radius 1 is 1.30 bits per heavy atom. The lowest BCUT2D eigenvalue weighted by molar-refractivity contribution is -0.149. The number of likely N-dealkylation sites (N-methyl/N-ethyl adjacent to an activating group) is 1. The molecule has 1 heterocycles. The van der Waals surface area contributed by atoms with E-state index in [4.69, 9.17) is 4.74 Å². The highest BCUT2D eigenvalue weighted by atomic mass is 16.5. The van der Waals surface area contributed by atoms with Crippen LogP contribution in [-0.2, 0) is 9.53 Å². The van der Waals surface area contributed by atoms with Gasteiger partial charge in [-0.3, -0.25) is 14.6 Å². The van der Waals surface area contributed by atoms with Gasteiger partial charge in [-0.2, -0.15) is 0 Å². The molecule has 0 saturated carbocycles. The molecule has 1 aliphatic rings. The van der Waals surface area contributed by atoms with Crippen LogP contribution in [0.1, 0.15) is 34.1 Å². The lowest BCUT2D eigenvalue weighted by Gasteiger charge is -2.41. The van der Waals surface area contributed by atoms with Gasteiger partial charge in [-0.25, -0.2) is 0 Å². The smallest absolute Gasteiger partial charge is 0.327 e. The van der Waals surface area contributed by atoms with E-state index in [1.165, 1.54) is 13.5 Å². The Hall–Kier alpha value is -0.650. The lowest BCUT2D eigenvalue weighted by atomic mass is 10.0. The monoisotopic (exact) mass is 285 g/mol. The summed E-state index contributed by atoms with van der Waals surface area (Å²) in [6.45, 7) is 14.1. The van der Waals surface area contributed by atoms with E-state index in [1.807, 2.05) is 13.8 Å². The molecule has 0 amide bonds. The van der Waals surface area contributed by atoms with Gasteiger partial charge >= 0.3 is 5.97 Å². The van der Waals surface area contributed by atoms with Gasteiger partial charge in [0.1, 0.15) is 5.54 Å². The summed E-state index contributed by atoms with van der Waals surface area (Å²) in [5.41, 5.74) is -0.609. The van der Waals surface area contributed by atoms with Crippen LogP contribution in [0.2, 0.25) is 0 Å². The molecule has 5 heteroatoms. The minimum absolute atomic E-state index is 0.177. The molecule has 20 heavy (non-hydrogen) atoms. The van der Waals surface area contributed by atoms with Crippen molar-refractivity contribution in [3.63, 3.8) is 0 Å². The molecule has 1 aliphatic heterocycles. The molecule has 118 valence electrons. The third kappa shape index (κ3) is 4.43. The van der Waals surface area contributed by atoms with Gasteiger partial charge < -0.3 is 10.1 Å². The second kappa shape index (κ2) is 7.96. The molecule has 0 radical (unpaired) electrons. The van der Waals surface area contributed by atoms with Crippen LogP contribution in [0.5, 0.6) is 0 Å². The van der Waals surface area contributed by atoms with Gasteiger partial charge in [-0.1, -0.05) is 13.8 Å². The van der Waals surface area contributed by atoms with E-state index in [2.05, 4.69) is 29.0 Å². The molecular weight excluding hydrogens is 254 g/mol. The Bertz CT molecular complexity index is 303. The molecule has 0 spiro atoms. The van der Waals surface area contributed by atoms with Crippen molar-refractivity contribution in [3.8, 4) is 0 Å². The van der Waals surface area contributed by atoms with Crippen molar-refractivity contribution in [2.24, 2.45) is 0 Å². The molecule has 2 atom stereocenters. The van der Waals surface area contributed by atoms with Gasteiger partial charge in [-0.15, -0.1) is 0 Å². The fourth-order valence-electron chi connectivity index (χ4n) is 2.88. The van der Waals surface area contributed by atoms with Gasteiger partial charge in [-0.05, 0) is 26.8 Å². The second-order valence-electron chi connectivity index (χ2n) is 5.92. The standard InChI is InChI=1S/C15H31N3O2/c1-6-13(3)18-10-8-17(9-11-18)12-15(4,16-7-2)14(19)20-5/h13,16H,6-12H2,1-5H3. The van der Waals surface area contributed by atoms with Crippen LogP contribution < -0.4 is 5.32 Å². The molecule has 0 aromatic carbocycles. The Morgan fingerprint density at radius 3 is 2.35 bits per heavy atom. The molecule has 0 bridgehead atoms. The predicted molar refractivity (Wildman–Crippen MR) is 81.9 cm³/mol. The number of hydrogen-bond donors (Lipinski definition) is 1. The number of carbonyl (C=O) groups is 1. The van der Waals surface area contributed by atoms with Crippen molar-refractivity contribution in [1.82, 2.24) is 15.1 Å². The largest absolute Gasteiger partial charge is 0.468 e. The third-order valence-corrected chi connectivity index (χ3v) is 4.36. The highest BCUT2D eigenvalue weighted by Crippen LogP contribution is 2.14. The van der Waals surface area contributed by atoms with E-state index in [0.717, 1.165) is 32.7 Å². The summed E-state index contributed by atoms with van der Waals surface area (Å²) in [5, 5.41) is 3.27. The van der Waals surface area contributed by atoms with Crippen LogP contribution >= 0.6 is 0 Å². The molecule has 5 nitrogen and oxygen atoms in total. The quantitative estimate of drug-likeness (QED) is 0.706. The first-order chi connectivity index (χ1) is 9.46. The summed E-state index contributed by atoms with van der Waals surface area (Å²) in [6, 6.07) is 0.651. The van der Waals surface area contributed by atoms with Crippen molar-refractivity contribution in [1.29, 1.82) is 0 Å². The zero-order chi connectivity index (χ0) is 15.2. The summed E-state index contributed by atoms with van der Waals surface area (Å²) in [5.74, 6) is -0.177. The van der Waals surface area contributed by atoms with E-state index in [9.17, 15) is 4.79 Å². The van der Waals surface area contributed by atoms with E-state index >= 15 is 0 Å². The van der Waals surface area contributed by atoms with Crippen molar-refractivity contribution in [2.75, 3.05) is 46.4 Å². The number of nitrogens with one attached hydrogen (secondary N) is 1. The van der Waals surface area contributed by atoms with Crippen molar-refractivity contribution >= 4 is 5.97 Å². The van der Waals surface area contributed by atoms with Crippen LogP contribution in [0.25, 0.3) is 0 Å². The summed E-state index contributed by atoms with van der Waals surface area (Å²) in [4.78, 5) is 16.9. The fraction of sp³-hybridized carbons (Fsp3) is 0.933. The maximum Gasteiger partial charge on any atom is 0.327 e. The lowest BCUT2D eigenvalue weighted by Crippen LogP contribution is -2.60. The van der Waals surface area contributed by atoms with E-state index in [1.54, 1.807) is 0 Å². The van der Waals surface area contributed by atoms with Crippen molar-refractivity contribution in [2.45, 2.75) is 45.7 Å². The zero-order valence-corrected chi connectivity index (χ0v) is 13.7. The van der Waals surface area contributed by atoms with Gasteiger partial charge in [0.2, 0.25) is 0 Å². The average Bonchev–Trinajstić information content (AvgIpc) is 2.46. The fourth-order valence-corrected chi connectivity index (χ4v) is 2.88. The number of carbonyl (C=O) groups excluding carboxylic acids is 1. The van der Waals surface area contributed by atoms with Crippen molar-refractivity contribution in [3.05, 3.63) is 0 Å². The topological polar surface area (TPSA) is 44.8 Å². The Morgan fingerprint density at radius 2 is 1.90 bits per heavy atom. The van der Waals surface area contributed by atoms with Gasteiger partial charge in [0.15, 0.2) is 0 Å². The van der Waals surface area contributed by atoms with Gasteiger partial charge in [0, 0.05) is 38.8 Å². The summed E-state index contributed by atoms with van der Waals surface area (Å²) >= 11 is 0. The second-order valence-corrected chi connectivity index (χ2v) is 5.92. The number of piperazine rings is 1. The van der Waals surface area contributed by atoms with Gasteiger partial charge in [0.05, 0.1) is 7.11 Å². The maximum atomic E-state index is 12.0. The minimum Gasteiger partial charge on any atom is -0.468 e. The SMILES string of the molecule is CCNC(C)(CN1CCN(C(C)CC)CC1)C(=O)OC. The molecule has 2 unspecified atom stereocenters. The number of ether oxygens (including phenoxy) is 1. The first-order valence-electron chi connectivity index (χ1n) is 7.76. The minimum atomic E-state index is -0.609. The normalized spacial score (nSPS) is 22.2. The average molecular weight is 285 g/mol.